The highest BCUT2D eigenvalue weighted by Crippen LogP contribution is 2.16. The van der Waals surface area contributed by atoms with Gasteiger partial charge in [-0.1, -0.05) is 61.5 Å². The minimum absolute atomic E-state index is 0.0405. The fourth-order valence-electron chi connectivity index (χ4n) is 2.27. The molecule has 24 heavy (non-hydrogen) atoms. The number of hydrogen-bond donors (Lipinski definition) is 2. The topological polar surface area (TPSA) is 66.4 Å². The van der Waals surface area contributed by atoms with E-state index in [-0.39, 0.29) is 5.78 Å². The fourth-order valence-corrected chi connectivity index (χ4v) is 2.27. The summed E-state index contributed by atoms with van der Waals surface area (Å²) >= 11 is 0. The van der Waals surface area contributed by atoms with E-state index >= 15 is 0 Å². The van der Waals surface area contributed by atoms with E-state index in [1.54, 1.807) is 29.8 Å². The first-order chi connectivity index (χ1) is 11.6. The van der Waals surface area contributed by atoms with E-state index in [0.29, 0.717) is 5.56 Å². The standard InChI is InChI=1S/C20H19NO3/c1-2-16-14-15(9-13-20(23)21-24)8-10-17(16)11-12-19(22)18-6-4-3-5-7-18/h3-14,24H,2H2,1H3,(H,21,23)/b12-11+,13-9+. The van der Waals surface area contributed by atoms with Crippen molar-refractivity contribution in [2.24, 2.45) is 0 Å². The van der Waals surface area contributed by atoms with Crippen LogP contribution in [0.5, 0.6) is 0 Å². The van der Waals surface area contributed by atoms with E-state index < -0.39 is 5.91 Å². The second-order valence-corrected chi connectivity index (χ2v) is 5.18. The highest BCUT2D eigenvalue weighted by atomic mass is 16.5. The van der Waals surface area contributed by atoms with Crippen LogP contribution in [-0.4, -0.2) is 16.9 Å². The summed E-state index contributed by atoms with van der Waals surface area (Å²) in [5.41, 5.74) is 5.08. The minimum atomic E-state index is -0.578. The molecule has 2 N–H and O–H groups in total. The zero-order valence-corrected chi connectivity index (χ0v) is 13.4. The molecule has 0 bridgehead atoms. The van der Waals surface area contributed by atoms with Crippen molar-refractivity contribution in [1.29, 1.82) is 0 Å². The first-order valence-corrected chi connectivity index (χ1v) is 7.66. The van der Waals surface area contributed by atoms with Gasteiger partial charge in [-0.3, -0.25) is 14.8 Å². The van der Waals surface area contributed by atoms with Gasteiger partial charge in [-0.05, 0) is 35.3 Å². The molecule has 0 aliphatic carbocycles. The van der Waals surface area contributed by atoms with Crippen LogP contribution in [0.15, 0.2) is 60.7 Å². The van der Waals surface area contributed by atoms with Crippen molar-refractivity contribution >= 4 is 23.8 Å². The van der Waals surface area contributed by atoms with Gasteiger partial charge in [0.2, 0.25) is 0 Å². The van der Waals surface area contributed by atoms with E-state index in [4.69, 9.17) is 5.21 Å². The molecule has 0 saturated carbocycles. The number of hydrogen-bond acceptors (Lipinski definition) is 3. The van der Waals surface area contributed by atoms with Crippen LogP contribution in [0.25, 0.3) is 12.2 Å². The predicted molar refractivity (Wildman–Crippen MR) is 94.6 cm³/mol. The molecule has 0 spiro atoms. The van der Waals surface area contributed by atoms with Crippen molar-refractivity contribution in [2.45, 2.75) is 13.3 Å². The number of amides is 1. The van der Waals surface area contributed by atoms with Crippen molar-refractivity contribution in [3.8, 4) is 0 Å². The Kier molecular flexibility index (Phi) is 6.23. The van der Waals surface area contributed by atoms with Crippen LogP contribution >= 0.6 is 0 Å². The molecule has 4 nitrogen and oxygen atoms in total. The number of allylic oxidation sites excluding steroid dienone is 1. The third-order valence-electron chi connectivity index (χ3n) is 3.56. The molecule has 2 rings (SSSR count). The molecule has 122 valence electrons. The van der Waals surface area contributed by atoms with Crippen molar-refractivity contribution in [3.05, 3.63) is 82.9 Å². The van der Waals surface area contributed by atoms with Gasteiger partial charge in [0.1, 0.15) is 0 Å². The molecular formula is C20H19NO3. The molecule has 0 aromatic heterocycles. The third-order valence-corrected chi connectivity index (χ3v) is 3.56. The molecule has 0 aliphatic rings. The normalized spacial score (nSPS) is 11.1. The number of aryl methyl sites for hydroxylation is 1. The van der Waals surface area contributed by atoms with Gasteiger partial charge in [0.25, 0.3) is 5.91 Å². The number of benzene rings is 2. The van der Waals surface area contributed by atoms with Gasteiger partial charge in [-0.15, -0.1) is 0 Å². The van der Waals surface area contributed by atoms with E-state index in [9.17, 15) is 9.59 Å². The summed E-state index contributed by atoms with van der Waals surface area (Å²) in [6.07, 6.45) is 7.05. The lowest BCUT2D eigenvalue weighted by Gasteiger charge is -2.05. The Labute approximate surface area is 141 Å². The van der Waals surface area contributed by atoms with E-state index in [0.717, 1.165) is 23.1 Å². The highest BCUT2D eigenvalue weighted by molar-refractivity contribution is 6.06. The van der Waals surface area contributed by atoms with E-state index in [2.05, 4.69) is 0 Å². The minimum Gasteiger partial charge on any atom is -0.289 e. The maximum Gasteiger partial charge on any atom is 0.267 e. The Bertz CT molecular complexity index is 777. The van der Waals surface area contributed by atoms with Crippen molar-refractivity contribution in [2.75, 3.05) is 0 Å². The summed E-state index contributed by atoms with van der Waals surface area (Å²) in [6.45, 7) is 2.03. The lowest BCUT2D eigenvalue weighted by atomic mass is 10.00. The van der Waals surface area contributed by atoms with Gasteiger partial charge in [-0.25, -0.2) is 5.48 Å². The largest absolute Gasteiger partial charge is 0.289 e. The first-order valence-electron chi connectivity index (χ1n) is 7.66. The van der Waals surface area contributed by atoms with Crippen LogP contribution in [0.2, 0.25) is 0 Å². The van der Waals surface area contributed by atoms with Crippen LogP contribution in [0.3, 0.4) is 0 Å². The molecule has 2 aromatic carbocycles. The Morgan fingerprint density at radius 1 is 1.04 bits per heavy atom. The van der Waals surface area contributed by atoms with Gasteiger partial charge in [0.05, 0.1) is 0 Å². The number of ketones is 1. The summed E-state index contributed by atoms with van der Waals surface area (Å²) in [4.78, 5) is 23.2. The SMILES string of the molecule is CCc1cc(/C=C/C(=O)NO)ccc1/C=C/C(=O)c1ccccc1. The second-order valence-electron chi connectivity index (χ2n) is 5.18. The Morgan fingerprint density at radius 2 is 1.79 bits per heavy atom. The molecule has 0 saturated heterocycles. The van der Waals surface area contributed by atoms with Crippen LogP contribution in [0.4, 0.5) is 0 Å². The maximum atomic E-state index is 12.1. The fraction of sp³-hybridized carbons (Fsp3) is 0.100. The lowest BCUT2D eigenvalue weighted by molar-refractivity contribution is -0.124. The molecule has 4 heteroatoms. The van der Waals surface area contributed by atoms with E-state index in [1.807, 2.05) is 49.4 Å². The van der Waals surface area contributed by atoms with Crippen LogP contribution < -0.4 is 5.48 Å². The number of carbonyl (C=O) groups is 2. The molecule has 0 radical (unpaired) electrons. The zero-order valence-electron chi connectivity index (χ0n) is 13.4. The summed E-state index contributed by atoms with van der Waals surface area (Å²) in [5, 5.41) is 8.48. The molecule has 0 heterocycles. The molecule has 1 amide bonds. The van der Waals surface area contributed by atoms with Gasteiger partial charge in [0.15, 0.2) is 5.78 Å². The van der Waals surface area contributed by atoms with Crippen molar-refractivity contribution < 1.29 is 14.8 Å². The summed E-state index contributed by atoms with van der Waals surface area (Å²) in [6, 6.07) is 14.8. The molecule has 0 aliphatic heterocycles. The van der Waals surface area contributed by atoms with Gasteiger partial charge in [0, 0.05) is 11.6 Å². The first kappa shape index (κ1) is 17.4. The van der Waals surface area contributed by atoms with Crippen LogP contribution in [-0.2, 0) is 11.2 Å². The average Bonchev–Trinajstić information content (AvgIpc) is 2.64. The number of carbonyl (C=O) groups excluding carboxylic acids is 2. The van der Waals surface area contributed by atoms with Crippen LogP contribution in [0.1, 0.15) is 34.0 Å². The molecule has 0 fully saturated rings. The average molecular weight is 321 g/mol. The molecule has 2 aromatic rings. The summed E-state index contributed by atoms with van der Waals surface area (Å²) in [5.74, 6) is -0.619. The Balaban J connectivity index is 2.18. The Hall–Kier alpha value is -2.98. The zero-order chi connectivity index (χ0) is 17.4. The quantitative estimate of drug-likeness (QED) is 0.369. The van der Waals surface area contributed by atoms with Crippen molar-refractivity contribution in [1.82, 2.24) is 5.48 Å². The summed E-state index contributed by atoms with van der Waals surface area (Å²) in [7, 11) is 0. The third kappa shape index (κ3) is 4.76. The molecular weight excluding hydrogens is 302 g/mol. The predicted octanol–water partition coefficient (Wildman–Crippen LogP) is 3.66. The van der Waals surface area contributed by atoms with Gasteiger partial charge in [-0.2, -0.15) is 0 Å². The van der Waals surface area contributed by atoms with E-state index in [1.165, 1.54) is 6.08 Å². The molecule has 0 unspecified atom stereocenters. The van der Waals surface area contributed by atoms with Crippen molar-refractivity contribution in [3.63, 3.8) is 0 Å². The number of rotatable bonds is 6. The second kappa shape index (κ2) is 8.60. The lowest BCUT2D eigenvalue weighted by Crippen LogP contribution is -2.14. The monoisotopic (exact) mass is 321 g/mol. The molecule has 0 atom stereocenters. The number of nitrogens with one attached hydrogen (secondary N) is 1. The summed E-state index contributed by atoms with van der Waals surface area (Å²) < 4.78 is 0. The smallest absolute Gasteiger partial charge is 0.267 e. The Morgan fingerprint density at radius 3 is 2.46 bits per heavy atom. The van der Waals surface area contributed by atoms with Gasteiger partial charge >= 0.3 is 0 Å². The van der Waals surface area contributed by atoms with Gasteiger partial charge < -0.3 is 0 Å². The highest BCUT2D eigenvalue weighted by Gasteiger charge is 2.02. The number of hydroxylamine groups is 1. The van der Waals surface area contributed by atoms with Crippen LogP contribution in [0, 0.1) is 0 Å². The maximum absolute atomic E-state index is 12.1.